The molecule has 4 nitrogen and oxygen atoms in total. The lowest BCUT2D eigenvalue weighted by Gasteiger charge is -2.12. The van der Waals surface area contributed by atoms with Crippen LogP contribution >= 0.6 is 11.6 Å². The van der Waals surface area contributed by atoms with Gasteiger partial charge in [0.1, 0.15) is 5.75 Å². The number of methoxy groups -OCH3 is 1. The Morgan fingerprint density at radius 2 is 1.83 bits per heavy atom. The zero-order valence-electron chi connectivity index (χ0n) is 13.2. The molecule has 0 bridgehead atoms. The maximum Gasteiger partial charge on any atom is 0.230 e. The first-order valence-electron chi connectivity index (χ1n) is 7.52. The summed E-state index contributed by atoms with van der Waals surface area (Å²) in [6, 6.07) is 18.7. The monoisotopic (exact) mass is 340 g/mol. The van der Waals surface area contributed by atoms with Crippen LogP contribution in [0.25, 0.3) is 5.69 Å². The van der Waals surface area contributed by atoms with Crippen LogP contribution in [0.3, 0.4) is 0 Å². The summed E-state index contributed by atoms with van der Waals surface area (Å²) in [5, 5.41) is 3.57. The van der Waals surface area contributed by atoms with E-state index in [2.05, 4.69) is 5.32 Å². The van der Waals surface area contributed by atoms with Gasteiger partial charge >= 0.3 is 0 Å². The Balaban J connectivity index is 1.76. The lowest BCUT2D eigenvalue weighted by Crippen LogP contribution is -2.16. The SMILES string of the molecule is COc1ccccc1NC(=O)Cc1cccn1-c1ccc(Cl)cc1. The number of hydrogen-bond donors (Lipinski definition) is 1. The molecular formula is C19H17ClN2O2. The quantitative estimate of drug-likeness (QED) is 0.751. The van der Waals surface area contributed by atoms with Gasteiger partial charge < -0.3 is 14.6 Å². The summed E-state index contributed by atoms with van der Waals surface area (Å²) in [6.45, 7) is 0. The molecule has 1 amide bonds. The summed E-state index contributed by atoms with van der Waals surface area (Å²) in [6.07, 6.45) is 2.18. The van der Waals surface area contributed by atoms with E-state index in [1.54, 1.807) is 7.11 Å². The third-order valence-corrected chi connectivity index (χ3v) is 3.91. The Kier molecular flexibility index (Phi) is 4.87. The van der Waals surface area contributed by atoms with Crippen LogP contribution in [0.15, 0.2) is 66.9 Å². The van der Waals surface area contributed by atoms with Gasteiger partial charge in [-0.2, -0.15) is 0 Å². The number of nitrogens with one attached hydrogen (secondary N) is 1. The topological polar surface area (TPSA) is 43.3 Å². The van der Waals surface area contributed by atoms with Gasteiger partial charge in [0.05, 0.1) is 19.2 Å². The summed E-state index contributed by atoms with van der Waals surface area (Å²) < 4.78 is 7.22. The van der Waals surface area contributed by atoms with E-state index in [1.165, 1.54) is 0 Å². The van der Waals surface area contributed by atoms with E-state index in [0.717, 1.165) is 11.4 Å². The molecule has 1 heterocycles. The van der Waals surface area contributed by atoms with E-state index in [1.807, 2.05) is 71.4 Å². The Morgan fingerprint density at radius 3 is 2.58 bits per heavy atom. The number of hydrogen-bond acceptors (Lipinski definition) is 2. The summed E-state index contributed by atoms with van der Waals surface area (Å²) in [5.41, 5.74) is 2.52. The molecule has 5 heteroatoms. The molecule has 0 aliphatic heterocycles. The van der Waals surface area contributed by atoms with Crippen LogP contribution in [0.1, 0.15) is 5.69 Å². The molecule has 122 valence electrons. The molecule has 0 spiro atoms. The van der Waals surface area contributed by atoms with Crippen LogP contribution in [-0.4, -0.2) is 17.6 Å². The summed E-state index contributed by atoms with van der Waals surface area (Å²) in [7, 11) is 1.58. The number of para-hydroxylation sites is 2. The molecule has 3 rings (SSSR count). The van der Waals surface area contributed by atoms with E-state index in [-0.39, 0.29) is 12.3 Å². The first kappa shape index (κ1) is 16.1. The highest BCUT2D eigenvalue weighted by Crippen LogP contribution is 2.23. The number of nitrogens with zero attached hydrogens (tertiary/aromatic N) is 1. The van der Waals surface area contributed by atoms with Gasteiger partial charge in [-0.25, -0.2) is 0 Å². The number of halogens is 1. The highest BCUT2D eigenvalue weighted by atomic mass is 35.5. The molecule has 2 aromatic carbocycles. The van der Waals surface area contributed by atoms with Crippen LogP contribution in [0.4, 0.5) is 5.69 Å². The first-order chi connectivity index (χ1) is 11.7. The maximum atomic E-state index is 12.4. The van der Waals surface area contributed by atoms with Crippen molar-refractivity contribution in [3.8, 4) is 11.4 Å². The van der Waals surface area contributed by atoms with Gasteiger partial charge in [0, 0.05) is 22.6 Å². The standard InChI is InChI=1S/C19H17ClN2O2/c1-24-18-7-3-2-6-17(18)21-19(23)13-16-5-4-12-22(16)15-10-8-14(20)9-11-15/h2-12H,13H2,1H3,(H,21,23). The van der Waals surface area contributed by atoms with E-state index in [4.69, 9.17) is 16.3 Å². The lowest BCUT2D eigenvalue weighted by molar-refractivity contribution is -0.115. The van der Waals surface area contributed by atoms with E-state index in [0.29, 0.717) is 16.5 Å². The van der Waals surface area contributed by atoms with Crippen LogP contribution in [0, 0.1) is 0 Å². The van der Waals surface area contributed by atoms with Crippen LogP contribution < -0.4 is 10.1 Å². The van der Waals surface area contributed by atoms with E-state index >= 15 is 0 Å². The average molecular weight is 341 g/mol. The number of carbonyl (C=O) groups excluding carboxylic acids is 1. The zero-order valence-corrected chi connectivity index (χ0v) is 14.0. The molecule has 1 aromatic heterocycles. The number of carbonyl (C=O) groups is 1. The van der Waals surface area contributed by atoms with Crippen molar-refractivity contribution in [2.75, 3.05) is 12.4 Å². The van der Waals surface area contributed by atoms with Crippen molar-refractivity contribution in [2.24, 2.45) is 0 Å². The van der Waals surface area contributed by atoms with Crippen LogP contribution in [-0.2, 0) is 11.2 Å². The fourth-order valence-corrected chi connectivity index (χ4v) is 2.65. The fourth-order valence-electron chi connectivity index (χ4n) is 2.52. The number of anilines is 1. The first-order valence-corrected chi connectivity index (χ1v) is 7.90. The third-order valence-electron chi connectivity index (χ3n) is 3.66. The lowest BCUT2D eigenvalue weighted by atomic mass is 10.2. The Bertz CT molecular complexity index is 841. The van der Waals surface area contributed by atoms with Crippen molar-refractivity contribution in [1.29, 1.82) is 0 Å². The highest BCUT2D eigenvalue weighted by molar-refractivity contribution is 6.30. The van der Waals surface area contributed by atoms with Gasteiger partial charge in [0.15, 0.2) is 0 Å². The predicted octanol–water partition coefficient (Wildman–Crippen LogP) is 4.32. The molecule has 24 heavy (non-hydrogen) atoms. The second kappa shape index (κ2) is 7.23. The highest BCUT2D eigenvalue weighted by Gasteiger charge is 2.11. The number of amides is 1. The zero-order chi connectivity index (χ0) is 16.9. The van der Waals surface area contributed by atoms with Gasteiger partial charge in [-0.3, -0.25) is 4.79 Å². The largest absolute Gasteiger partial charge is 0.495 e. The van der Waals surface area contributed by atoms with Crippen molar-refractivity contribution in [3.63, 3.8) is 0 Å². The van der Waals surface area contributed by atoms with E-state index in [9.17, 15) is 4.79 Å². The van der Waals surface area contributed by atoms with Crippen LogP contribution in [0.2, 0.25) is 5.02 Å². The molecule has 0 fully saturated rings. The Labute approximate surface area is 145 Å². The van der Waals surface area contributed by atoms with Gasteiger partial charge in [0.25, 0.3) is 0 Å². The van der Waals surface area contributed by atoms with Gasteiger partial charge in [0.2, 0.25) is 5.91 Å². The van der Waals surface area contributed by atoms with Crippen molar-refractivity contribution in [3.05, 3.63) is 77.6 Å². The molecule has 0 radical (unpaired) electrons. The summed E-state index contributed by atoms with van der Waals surface area (Å²) in [5.74, 6) is 0.535. The molecule has 3 aromatic rings. The number of rotatable bonds is 5. The second-order valence-electron chi connectivity index (χ2n) is 5.27. The predicted molar refractivity (Wildman–Crippen MR) is 96.1 cm³/mol. The number of benzene rings is 2. The number of aromatic nitrogens is 1. The molecular weight excluding hydrogens is 324 g/mol. The Hall–Kier alpha value is -2.72. The maximum absolute atomic E-state index is 12.4. The molecule has 0 atom stereocenters. The van der Waals surface area contributed by atoms with Crippen molar-refractivity contribution in [1.82, 2.24) is 4.57 Å². The minimum Gasteiger partial charge on any atom is -0.495 e. The average Bonchev–Trinajstić information content (AvgIpc) is 3.04. The van der Waals surface area contributed by atoms with Crippen LogP contribution in [0.5, 0.6) is 5.75 Å². The smallest absolute Gasteiger partial charge is 0.230 e. The van der Waals surface area contributed by atoms with Gasteiger partial charge in [-0.15, -0.1) is 0 Å². The molecule has 0 unspecified atom stereocenters. The minimum absolute atomic E-state index is 0.103. The normalized spacial score (nSPS) is 10.4. The van der Waals surface area contributed by atoms with Crippen molar-refractivity contribution < 1.29 is 9.53 Å². The van der Waals surface area contributed by atoms with Gasteiger partial charge in [-0.05, 0) is 48.5 Å². The molecule has 0 aliphatic carbocycles. The second-order valence-corrected chi connectivity index (χ2v) is 5.71. The minimum atomic E-state index is -0.103. The fraction of sp³-hybridized carbons (Fsp3) is 0.105. The van der Waals surface area contributed by atoms with Crippen molar-refractivity contribution in [2.45, 2.75) is 6.42 Å². The molecule has 1 N–H and O–H groups in total. The summed E-state index contributed by atoms with van der Waals surface area (Å²) >= 11 is 5.93. The molecule has 0 saturated carbocycles. The summed E-state index contributed by atoms with van der Waals surface area (Å²) in [4.78, 5) is 12.4. The van der Waals surface area contributed by atoms with E-state index < -0.39 is 0 Å². The third kappa shape index (κ3) is 3.60. The van der Waals surface area contributed by atoms with Crippen molar-refractivity contribution >= 4 is 23.2 Å². The Morgan fingerprint density at radius 1 is 1.08 bits per heavy atom. The number of ether oxygens (including phenoxy) is 1. The van der Waals surface area contributed by atoms with Gasteiger partial charge in [-0.1, -0.05) is 23.7 Å². The molecule has 0 aliphatic rings. The molecule has 0 saturated heterocycles.